The highest BCUT2D eigenvalue weighted by atomic mass is 79.9. The second kappa shape index (κ2) is 2.47. The molecule has 1 rings (SSSR count). The average molecular weight is 196 g/mol. The molecule has 10 heavy (non-hydrogen) atoms. The Morgan fingerprint density at radius 3 is 2.60 bits per heavy atom. The Bertz CT molecular complexity index is 299. The Kier molecular flexibility index (Phi) is 1.81. The maximum atomic E-state index is 8.50. The van der Waals surface area contributed by atoms with Crippen LogP contribution in [0.1, 0.15) is 5.56 Å². The number of hydrogen-bond acceptors (Lipinski definition) is 2. The van der Waals surface area contributed by atoms with Crippen LogP contribution in [0.3, 0.4) is 0 Å². The first-order valence-corrected chi connectivity index (χ1v) is 3.34. The Morgan fingerprint density at radius 1 is 1.80 bits per heavy atom. The molecule has 2 radical (unpaired) electrons. The lowest BCUT2D eigenvalue weighted by Crippen LogP contribution is -2.16. The summed E-state index contributed by atoms with van der Waals surface area (Å²) in [6.07, 6.45) is 0. The molecule has 0 aliphatic carbocycles. The van der Waals surface area contributed by atoms with Gasteiger partial charge in [-0.15, -0.1) is 0 Å². The molecule has 3 nitrogen and oxygen atoms in total. The number of aromatic nitrogens is 2. The fourth-order valence-corrected chi connectivity index (χ4v) is 1.14. The molecule has 0 fully saturated rings. The van der Waals surface area contributed by atoms with Crippen molar-refractivity contribution in [3.63, 3.8) is 0 Å². The van der Waals surface area contributed by atoms with Gasteiger partial charge in [0, 0.05) is 12.6 Å². The number of hydrogen-bond donors (Lipinski definition) is 0. The number of rotatable bonds is 0. The average Bonchev–Trinajstić information content (AvgIpc) is 2.09. The molecule has 0 aliphatic rings. The zero-order valence-electron chi connectivity index (χ0n) is 5.30. The van der Waals surface area contributed by atoms with E-state index in [0.717, 1.165) is 0 Å². The van der Waals surface area contributed by atoms with Crippen LogP contribution in [0.5, 0.6) is 0 Å². The monoisotopic (exact) mass is 195 g/mol. The van der Waals surface area contributed by atoms with Gasteiger partial charge in [0.1, 0.15) is 18.5 Å². The molecule has 0 aromatic carbocycles. The minimum Gasteiger partial charge on any atom is -0.281 e. The minimum atomic E-state index is 0.384. The zero-order valence-corrected chi connectivity index (χ0v) is 6.88. The van der Waals surface area contributed by atoms with Crippen LogP contribution < -0.4 is 5.59 Å². The predicted molar refractivity (Wildman–Crippen MR) is 41.0 cm³/mol. The van der Waals surface area contributed by atoms with Gasteiger partial charge >= 0.3 is 0 Å². The molecule has 5 heteroatoms. The van der Waals surface area contributed by atoms with E-state index in [4.69, 9.17) is 13.1 Å². The fourth-order valence-electron chi connectivity index (χ4n) is 0.606. The first-order valence-electron chi connectivity index (χ1n) is 2.55. The van der Waals surface area contributed by atoms with Gasteiger partial charge in [-0.25, -0.2) is 0 Å². The topological polar surface area (TPSA) is 41.6 Å². The molecule has 0 saturated carbocycles. The van der Waals surface area contributed by atoms with Crippen LogP contribution in [-0.4, -0.2) is 17.6 Å². The molecule has 0 atom stereocenters. The van der Waals surface area contributed by atoms with Crippen LogP contribution in [0.4, 0.5) is 0 Å². The van der Waals surface area contributed by atoms with Gasteiger partial charge in [0.2, 0.25) is 0 Å². The smallest absolute Gasteiger partial charge is 0.145 e. The summed E-state index contributed by atoms with van der Waals surface area (Å²) >= 11 is 3.09. The highest BCUT2D eigenvalue weighted by Gasteiger charge is 2.07. The van der Waals surface area contributed by atoms with Gasteiger partial charge in [-0.3, -0.25) is 4.68 Å². The van der Waals surface area contributed by atoms with Crippen molar-refractivity contribution in [2.75, 3.05) is 0 Å². The van der Waals surface area contributed by atoms with Gasteiger partial charge in [-0.1, -0.05) is 0 Å². The summed E-state index contributed by atoms with van der Waals surface area (Å²) < 4.78 is 1.94. The Hall–Kier alpha value is -0.755. The van der Waals surface area contributed by atoms with E-state index in [1.165, 1.54) is 4.68 Å². The van der Waals surface area contributed by atoms with Crippen molar-refractivity contribution >= 4 is 29.4 Å². The maximum Gasteiger partial charge on any atom is 0.145 e. The summed E-state index contributed by atoms with van der Waals surface area (Å²) in [5.41, 5.74) is 0.775. The van der Waals surface area contributed by atoms with Crippen LogP contribution in [0.15, 0.2) is 4.60 Å². The van der Waals surface area contributed by atoms with E-state index < -0.39 is 0 Å². The number of halogens is 1. The van der Waals surface area contributed by atoms with E-state index in [2.05, 4.69) is 21.0 Å². The SMILES string of the molecule is [B]c1c(C#N)c(Br)nn1C. The van der Waals surface area contributed by atoms with E-state index in [9.17, 15) is 0 Å². The molecule has 0 aliphatic heterocycles. The molecule has 1 aromatic rings. The first kappa shape index (κ1) is 7.35. The second-order valence-electron chi connectivity index (χ2n) is 1.79. The first-order chi connectivity index (χ1) is 4.66. The van der Waals surface area contributed by atoms with Crippen LogP contribution >= 0.6 is 15.9 Å². The van der Waals surface area contributed by atoms with Gasteiger partial charge in [-0.05, 0) is 15.9 Å². The molecule has 0 saturated heterocycles. The summed E-state index contributed by atoms with van der Waals surface area (Å²) in [5, 5.41) is 12.4. The summed E-state index contributed by atoms with van der Waals surface area (Å²) in [5.74, 6) is 0. The largest absolute Gasteiger partial charge is 0.281 e. The van der Waals surface area contributed by atoms with Gasteiger partial charge in [0.15, 0.2) is 0 Å². The summed E-state index contributed by atoms with van der Waals surface area (Å²) in [6.45, 7) is 0. The molecule has 0 spiro atoms. The molecular weight excluding hydrogens is 193 g/mol. The zero-order chi connectivity index (χ0) is 7.72. The highest BCUT2D eigenvalue weighted by Crippen LogP contribution is 2.08. The van der Waals surface area contributed by atoms with Crippen LogP contribution in [0.25, 0.3) is 0 Å². The second-order valence-corrected chi connectivity index (χ2v) is 2.54. The minimum absolute atomic E-state index is 0.384. The summed E-state index contributed by atoms with van der Waals surface area (Å²) in [6, 6.07) is 1.93. The molecule has 0 amide bonds. The van der Waals surface area contributed by atoms with Crippen molar-refractivity contribution in [3.05, 3.63) is 10.2 Å². The lowest BCUT2D eigenvalue weighted by Gasteiger charge is -1.89. The van der Waals surface area contributed by atoms with E-state index in [-0.39, 0.29) is 0 Å². The highest BCUT2D eigenvalue weighted by molar-refractivity contribution is 9.10. The lowest BCUT2D eigenvalue weighted by molar-refractivity contribution is 0.781. The third-order valence-electron chi connectivity index (χ3n) is 1.16. The van der Waals surface area contributed by atoms with E-state index in [1.807, 2.05) is 6.07 Å². The van der Waals surface area contributed by atoms with Crippen molar-refractivity contribution in [1.82, 2.24) is 9.78 Å². The molecule has 48 valence electrons. The van der Waals surface area contributed by atoms with Gasteiger partial charge in [0.05, 0.1) is 5.56 Å². The van der Waals surface area contributed by atoms with Gasteiger partial charge in [0.25, 0.3) is 0 Å². The van der Waals surface area contributed by atoms with Crippen LogP contribution in [0.2, 0.25) is 0 Å². The molecule has 1 heterocycles. The van der Waals surface area contributed by atoms with Crippen molar-refractivity contribution < 1.29 is 0 Å². The summed E-state index contributed by atoms with van der Waals surface area (Å²) in [7, 11) is 7.14. The third kappa shape index (κ3) is 0.950. The number of aryl methyl sites for hydroxylation is 1. The van der Waals surface area contributed by atoms with Gasteiger partial charge in [-0.2, -0.15) is 10.4 Å². The fraction of sp³-hybridized carbons (Fsp3) is 0.200. The van der Waals surface area contributed by atoms with E-state index in [1.54, 1.807) is 7.05 Å². The maximum absolute atomic E-state index is 8.50. The molecule has 1 aromatic heterocycles. The Morgan fingerprint density at radius 2 is 2.40 bits per heavy atom. The molecule has 0 N–H and O–H groups in total. The van der Waals surface area contributed by atoms with Crippen molar-refractivity contribution in [2.45, 2.75) is 0 Å². The van der Waals surface area contributed by atoms with Crippen LogP contribution in [-0.2, 0) is 7.05 Å². The normalized spacial score (nSPS) is 9.30. The van der Waals surface area contributed by atoms with Crippen LogP contribution in [0, 0.1) is 11.3 Å². The van der Waals surface area contributed by atoms with Crippen molar-refractivity contribution in [2.24, 2.45) is 7.05 Å². The third-order valence-corrected chi connectivity index (χ3v) is 1.72. The molecule has 0 bridgehead atoms. The van der Waals surface area contributed by atoms with E-state index in [0.29, 0.717) is 15.8 Å². The summed E-state index contributed by atoms with van der Waals surface area (Å²) in [4.78, 5) is 0. The number of nitrogens with zero attached hydrogens (tertiary/aromatic N) is 3. The number of nitriles is 1. The van der Waals surface area contributed by atoms with Crippen molar-refractivity contribution in [3.8, 4) is 6.07 Å². The van der Waals surface area contributed by atoms with Gasteiger partial charge < -0.3 is 0 Å². The predicted octanol–water partition coefficient (Wildman–Crippen LogP) is -0.152. The van der Waals surface area contributed by atoms with E-state index >= 15 is 0 Å². The quantitative estimate of drug-likeness (QED) is 0.541. The Balaban J connectivity index is 3.37. The molecule has 0 unspecified atom stereocenters. The Labute approximate surface area is 68.2 Å². The lowest BCUT2D eigenvalue weighted by atomic mass is 10.0. The molecular formula is C5H3BBrN3. The van der Waals surface area contributed by atoms with Crippen molar-refractivity contribution in [1.29, 1.82) is 5.26 Å². The standard InChI is InChI=1S/C5H3BBrN3/c1-10-4(6)3(2-8)5(7)9-10/h1H3.